The highest BCUT2D eigenvalue weighted by molar-refractivity contribution is 5.99. The van der Waals surface area contributed by atoms with Crippen LogP contribution in [-0.2, 0) is 12.6 Å². The molecule has 3 heterocycles. The lowest BCUT2D eigenvalue weighted by atomic mass is 10.1. The molecule has 0 atom stereocenters. The van der Waals surface area contributed by atoms with E-state index >= 15 is 0 Å². The lowest BCUT2D eigenvalue weighted by Gasteiger charge is -2.18. The molecule has 3 aromatic heterocycles. The van der Waals surface area contributed by atoms with Crippen molar-refractivity contribution in [1.82, 2.24) is 24.5 Å². The molecule has 0 aliphatic carbocycles. The Bertz CT molecular complexity index is 1290. The van der Waals surface area contributed by atoms with Crippen LogP contribution in [0.4, 0.5) is 20.6 Å². The van der Waals surface area contributed by atoms with E-state index in [0.29, 0.717) is 17.1 Å². The zero-order valence-corrected chi connectivity index (χ0v) is 18.7. The molecule has 0 bridgehead atoms. The number of aryl methyl sites for hydroxylation is 1. The number of halogens is 1. The highest BCUT2D eigenvalue weighted by Gasteiger charge is 2.15. The van der Waals surface area contributed by atoms with Crippen LogP contribution < -0.4 is 15.4 Å². The molecule has 4 rings (SSSR count). The van der Waals surface area contributed by atoms with E-state index in [1.54, 1.807) is 46.2 Å². The molecule has 0 unspecified atom stereocenters. The molecule has 10 heteroatoms. The van der Waals surface area contributed by atoms with Gasteiger partial charge >= 0.3 is 6.03 Å². The summed E-state index contributed by atoms with van der Waals surface area (Å²) in [6, 6.07) is 7.05. The summed E-state index contributed by atoms with van der Waals surface area (Å²) in [4.78, 5) is 16.6. The Morgan fingerprint density at radius 1 is 1.03 bits per heavy atom. The molecule has 0 aliphatic rings. The Morgan fingerprint density at radius 2 is 1.82 bits per heavy atom. The molecule has 2 amide bonds. The number of hydrogen-bond acceptors (Lipinski definition) is 5. The maximum Gasteiger partial charge on any atom is 0.323 e. The Labute approximate surface area is 190 Å². The summed E-state index contributed by atoms with van der Waals surface area (Å²) in [5, 5.41) is 13.5. The van der Waals surface area contributed by atoms with Gasteiger partial charge in [-0.3, -0.25) is 14.3 Å². The van der Waals surface area contributed by atoms with Crippen molar-refractivity contribution in [2.24, 2.45) is 7.05 Å². The van der Waals surface area contributed by atoms with Gasteiger partial charge in [0.05, 0.1) is 35.0 Å². The van der Waals surface area contributed by atoms with Gasteiger partial charge in [0.2, 0.25) is 0 Å². The van der Waals surface area contributed by atoms with E-state index in [-0.39, 0.29) is 17.0 Å². The van der Waals surface area contributed by atoms with Crippen molar-refractivity contribution in [1.29, 1.82) is 0 Å². The van der Waals surface area contributed by atoms with Gasteiger partial charge in [-0.2, -0.15) is 10.2 Å². The number of carbonyl (C=O) groups is 1. The fourth-order valence-corrected chi connectivity index (χ4v) is 3.02. The van der Waals surface area contributed by atoms with Crippen molar-refractivity contribution in [3.63, 3.8) is 0 Å². The molecule has 4 aromatic rings. The Hall–Kier alpha value is -4.21. The van der Waals surface area contributed by atoms with Crippen LogP contribution >= 0.6 is 0 Å². The van der Waals surface area contributed by atoms with Gasteiger partial charge in [-0.25, -0.2) is 9.18 Å². The number of carbonyl (C=O) groups excluding carboxylic acids is 1. The van der Waals surface area contributed by atoms with Crippen molar-refractivity contribution in [3.8, 4) is 22.8 Å². The second-order valence-electron chi connectivity index (χ2n) is 8.45. The van der Waals surface area contributed by atoms with E-state index in [4.69, 9.17) is 4.74 Å². The first-order valence-corrected chi connectivity index (χ1v) is 10.2. The van der Waals surface area contributed by atoms with Crippen LogP contribution in [0.25, 0.3) is 11.3 Å². The van der Waals surface area contributed by atoms with Crippen molar-refractivity contribution < 1.29 is 13.9 Å². The first-order chi connectivity index (χ1) is 15.7. The van der Waals surface area contributed by atoms with Crippen LogP contribution in [0.2, 0.25) is 0 Å². The van der Waals surface area contributed by atoms with E-state index in [2.05, 4.69) is 25.8 Å². The minimum absolute atomic E-state index is 0.0221. The quantitative estimate of drug-likeness (QED) is 0.446. The minimum Gasteiger partial charge on any atom is -0.457 e. The minimum atomic E-state index is -0.630. The van der Waals surface area contributed by atoms with E-state index in [1.165, 1.54) is 18.3 Å². The number of hydrogen-bond donors (Lipinski definition) is 2. The summed E-state index contributed by atoms with van der Waals surface area (Å²) in [6.07, 6.45) is 8.39. The van der Waals surface area contributed by atoms with Gasteiger partial charge in [-0.1, -0.05) is 0 Å². The average Bonchev–Trinajstić information content (AvgIpc) is 3.39. The van der Waals surface area contributed by atoms with Crippen LogP contribution in [-0.4, -0.2) is 30.6 Å². The molecule has 0 saturated heterocycles. The predicted molar refractivity (Wildman–Crippen MR) is 123 cm³/mol. The monoisotopic (exact) mass is 449 g/mol. The number of ether oxygens (including phenoxy) is 1. The Kier molecular flexibility index (Phi) is 5.82. The third-order valence-electron chi connectivity index (χ3n) is 4.68. The molecule has 170 valence electrons. The number of anilines is 2. The van der Waals surface area contributed by atoms with Crippen molar-refractivity contribution in [2.45, 2.75) is 26.3 Å². The fourth-order valence-electron chi connectivity index (χ4n) is 3.02. The second-order valence-corrected chi connectivity index (χ2v) is 8.45. The van der Waals surface area contributed by atoms with Crippen molar-refractivity contribution in [3.05, 3.63) is 67.1 Å². The topological polar surface area (TPSA) is 98.9 Å². The van der Waals surface area contributed by atoms with E-state index in [1.807, 2.05) is 34.0 Å². The molecule has 1 aromatic carbocycles. The molecule has 0 aliphatic heterocycles. The van der Waals surface area contributed by atoms with Gasteiger partial charge in [0.15, 0.2) is 0 Å². The zero-order valence-electron chi connectivity index (χ0n) is 18.7. The van der Waals surface area contributed by atoms with E-state index in [0.717, 1.165) is 5.56 Å². The van der Waals surface area contributed by atoms with Gasteiger partial charge in [0.1, 0.15) is 17.3 Å². The summed E-state index contributed by atoms with van der Waals surface area (Å²) >= 11 is 0. The smallest absolute Gasteiger partial charge is 0.323 e. The lowest BCUT2D eigenvalue weighted by Crippen LogP contribution is -2.22. The number of pyridine rings is 1. The molecule has 2 N–H and O–H groups in total. The van der Waals surface area contributed by atoms with Crippen LogP contribution in [0.15, 0.2) is 61.3 Å². The number of amides is 2. The molecule has 0 radical (unpaired) electrons. The van der Waals surface area contributed by atoms with E-state index < -0.39 is 11.8 Å². The molecule has 0 spiro atoms. The first-order valence-electron chi connectivity index (χ1n) is 10.2. The van der Waals surface area contributed by atoms with Crippen molar-refractivity contribution in [2.75, 3.05) is 10.6 Å². The average molecular weight is 449 g/mol. The Balaban J connectivity index is 1.41. The highest BCUT2D eigenvalue weighted by Crippen LogP contribution is 2.28. The summed E-state index contributed by atoms with van der Waals surface area (Å²) in [5.41, 5.74) is 1.84. The van der Waals surface area contributed by atoms with Gasteiger partial charge in [0.25, 0.3) is 0 Å². The maximum absolute atomic E-state index is 14.6. The maximum atomic E-state index is 14.6. The van der Waals surface area contributed by atoms with Crippen molar-refractivity contribution >= 4 is 17.4 Å². The number of nitrogens with one attached hydrogen (secondary N) is 2. The first kappa shape index (κ1) is 22.0. The van der Waals surface area contributed by atoms with E-state index in [9.17, 15) is 9.18 Å². The van der Waals surface area contributed by atoms with Gasteiger partial charge < -0.3 is 15.4 Å². The van der Waals surface area contributed by atoms with Crippen LogP contribution in [0.5, 0.6) is 11.5 Å². The zero-order chi connectivity index (χ0) is 23.6. The second kappa shape index (κ2) is 8.73. The van der Waals surface area contributed by atoms with Gasteiger partial charge in [0, 0.05) is 43.3 Å². The number of urea groups is 1. The molecule has 0 saturated carbocycles. The summed E-state index contributed by atoms with van der Waals surface area (Å²) in [6.45, 7) is 5.98. The Morgan fingerprint density at radius 3 is 2.48 bits per heavy atom. The third kappa shape index (κ3) is 5.35. The van der Waals surface area contributed by atoms with Gasteiger partial charge in [-0.05, 0) is 39.0 Å². The lowest BCUT2D eigenvalue weighted by molar-refractivity contribution is 0.262. The third-order valence-corrected chi connectivity index (χ3v) is 4.68. The largest absolute Gasteiger partial charge is 0.457 e. The number of nitrogens with zero attached hydrogens (tertiary/aromatic N) is 5. The molecule has 33 heavy (non-hydrogen) atoms. The van der Waals surface area contributed by atoms with Crippen LogP contribution in [0, 0.1) is 5.82 Å². The SMILES string of the molecule is Cn1cc(-c2cc(Oc3ccc(NC(=O)Nc4cnn(C(C)(C)C)c4)c(F)c3)ccn2)cn1. The standard InChI is InChI=1S/C23H24FN7O2/c1-23(2,3)31-14-16(12-27-31)28-22(32)29-20-6-5-17(9-19(20)24)33-18-7-8-25-21(10-18)15-11-26-30(4)13-15/h5-14H,1-4H3,(H2,28,29,32). The predicted octanol–water partition coefficient (Wildman–Crippen LogP) is 5.01. The number of rotatable bonds is 5. The number of aromatic nitrogens is 5. The van der Waals surface area contributed by atoms with Crippen LogP contribution in [0.3, 0.4) is 0 Å². The summed E-state index contributed by atoms with van der Waals surface area (Å²) in [5.74, 6) is 0.153. The fraction of sp³-hybridized carbons (Fsp3) is 0.217. The summed E-state index contributed by atoms with van der Waals surface area (Å²) < 4.78 is 23.8. The molecule has 0 fully saturated rings. The van der Waals surface area contributed by atoms with Crippen LogP contribution in [0.1, 0.15) is 20.8 Å². The molecular weight excluding hydrogens is 425 g/mol. The highest BCUT2D eigenvalue weighted by atomic mass is 19.1. The van der Waals surface area contributed by atoms with Gasteiger partial charge in [-0.15, -0.1) is 0 Å². The normalized spacial score (nSPS) is 11.3. The molecule has 9 nitrogen and oxygen atoms in total. The molecular formula is C23H24FN7O2. The summed E-state index contributed by atoms with van der Waals surface area (Å²) in [7, 11) is 1.82. The number of benzene rings is 1.